The maximum Gasteiger partial charge on any atom is 0.293 e. The molecule has 2 aromatic heterocycles. The van der Waals surface area contributed by atoms with E-state index in [1.165, 1.54) is 35.1 Å². The molecule has 0 aliphatic rings. The lowest BCUT2D eigenvalue weighted by Crippen LogP contribution is -2.30. The Morgan fingerprint density at radius 2 is 1.79 bits per heavy atom. The summed E-state index contributed by atoms with van der Waals surface area (Å²) in [5.41, 5.74) is 0.815. The number of amides is 1. The molecule has 7 nitrogen and oxygen atoms in total. The Labute approximate surface area is 167 Å². The van der Waals surface area contributed by atoms with Crippen LogP contribution >= 0.6 is 11.6 Å². The van der Waals surface area contributed by atoms with Crippen LogP contribution in [0.3, 0.4) is 0 Å². The highest BCUT2D eigenvalue weighted by atomic mass is 35.5. The highest BCUT2D eigenvalue weighted by Gasteiger charge is 2.13. The van der Waals surface area contributed by atoms with Crippen molar-refractivity contribution < 1.29 is 13.6 Å². The van der Waals surface area contributed by atoms with Gasteiger partial charge in [0.15, 0.2) is 0 Å². The first-order valence-corrected chi connectivity index (χ1v) is 8.75. The van der Waals surface area contributed by atoms with Crippen molar-refractivity contribution >= 4 is 28.7 Å². The van der Waals surface area contributed by atoms with Crippen LogP contribution in [0.5, 0.6) is 0 Å². The molecule has 4 aromatic rings. The van der Waals surface area contributed by atoms with Gasteiger partial charge >= 0.3 is 0 Å². The van der Waals surface area contributed by atoms with E-state index in [0.717, 1.165) is 16.8 Å². The van der Waals surface area contributed by atoms with E-state index in [0.29, 0.717) is 11.3 Å². The molecule has 0 spiro atoms. The van der Waals surface area contributed by atoms with Gasteiger partial charge in [0.05, 0.1) is 16.4 Å². The molecule has 1 N–H and O–H groups in total. The van der Waals surface area contributed by atoms with Crippen LogP contribution < -0.4 is 10.9 Å². The third kappa shape index (κ3) is 3.85. The third-order valence-corrected chi connectivity index (χ3v) is 4.46. The number of nitrogens with zero attached hydrogens (tertiary/aromatic N) is 4. The molecule has 4 rings (SSSR count). The summed E-state index contributed by atoms with van der Waals surface area (Å²) < 4.78 is 28.6. The molecule has 2 heterocycles. The third-order valence-electron chi connectivity index (χ3n) is 4.13. The zero-order valence-electron chi connectivity index (χ0n) is 14.6. The lowest BCUT2D eigenvalue weighted by atomic mass is 10.1. The number of benzene rings is 2. The van der Waals surface area contributed by atoms with E-state index in [1.54, 1.807) is 12.1 Å². The van der Waals surface area contributed by atoms with Crippen LogP contribution in [0.4, 0.5) is 14.5 Å². The number of carbonyl (C=O) groups is 1. The van der Waals surface area contributed by atoms with E-state index in [2.05, 4.69) is 15.5 Å². The highest BCUT2D eigenvalue weighted by molar-refractivity contribution is 6.33. The Hall–Kier alpha value is -3.59. The number of halogens is 3. The topological polar surface area (TPSA) is 81.3 Å². The van der Waals surface area contributed by atoms with Gasteiger partial charge in [-0.05, 0) is 48.5 Å². The molecule has 1 amide bonds. The molecule has 0 unspecified atom stereocenters. The van der Waals surface area contributed by atoms with Crippen LogP contribution in [0.25, 0.3) is 16.8 Å². The Morgan fingerprint density at radius 3 is 2.55 bits per heavy atom. The summed E-state index contributed by atoms with van der Waals surface area (Å²) in [7, 11) is 0. The van der Waals surface area contributed by atoms with Crippen LogP contribution in [0.2, 0.25) is 5.02 Å². The maximum absolute atomic E-state index is 13.3. The minimum absolute atomic E-state index is 0.0914. The van der Waals surface area contributed by atoms with Gasteiger partial charge in [0.1, 0.15) is 30.0 Å². The quantitative estimate of drug-likeness (QED) is 0.555. The van der Waals surface area contributed by atoms with E-state index in [4.69, 9.17) is 11.6 Å². The zero-order chi connectivity index (χ0) is 20.5. The zero-order valence-corrected chi connectivity index (χ0v) is 15.4. The molecule has 0 saturated heterocycles. The number of hydrogen-bond acceptors (Lipinski definition) is 4. The number of rotatable bonds is 4. The van der Waals surface area contributed by atoms with Crippen molar-refractivity contribution in [2.75, 3.05) is 5.32 Å². The van der Waals surface area contributed by atoms with Gasteiger partial charge < -0.3 is 5.32 Å². The SMILES string of the molecule is O=C(Cn1ncn2nc(-c3ccc(F)cc3)cc2c1=O)Nc1cc(F)ccc1Cl. The molecule has 0 saturated carbocycles. The molecule has 0 bridgehead atoms. The summed E-state index contributed by atoms with van der Waals surface area (Å²) in [6.07, 6.45) is 1.28. The summed E-state index contributed by atoms with van der Waals surface area (Å²) in [6, 6.07) is 10.7. The summed E-state index contributed by atoms with van der Waals surface area (Å²) in [5, 5.41) is 10.8. The number of hydrogen-bond donors (Lipinski definition) is 1. The molecule has 29 heavy (non-hydrogen) atoms. The van der Waals surface area contributed by atoms with Crippen molar-refractivity contribution in [3.63, 3.8) is 0 Å². The van der Waals surface area contributed by atoms with Crippen molar-refractivity contribution in [1.82, 2.24) is 19.4 Å². The smallest absolute Gasteiger partial charge is 0.293 e. The molecule has 146 valence electrons. The maximum atomic E-state index is 13.3. The largest absolute Gasteiger partial charge is 0.323 e. The van der Waals surface area contributed by atoms with Crippen LogP contribution in [-0.2, 0) is 11.3 Å². The lowest BCUT2D eigenvalue weighted by molar-refractivity contribution is -0.117. The summed E-state index contributed by atoms with van der Waals surface area (Å²) in [5.74, 6) is -1.55. The van der Waals surface area contributed by atoms with Crippen LogP contribution in [-0.4, -0.2) is 25.3 Å². The van der Waals surface area contributed by atoms with Gasteiger partial charge in [-0.15, -0.1) is 0 Å². The van der Waals surface area contributed by atoms with Crippen molar-refractivity contribution in [2.45, 2.75) is 6.54 Å². The first-order valence-electron chi connectivity index (χ1n) is 8.37. The van der Waals surface area contributed by atoms with Gasteiger partial charge in [-0.2, -0.15) is 10.2 Å². The first kappa shape index (κ1) is 18.8. The number of nitrogens with one attached hydrogen (secondary N) is 1. The second kappa shape index (κ2) is 7.44. The average Bonchev–Trinajstić information content (AvgIpc) is 3.13. The number of aromatic nitrogens is 4. The molecule has 0 atom stereocenters. The van der Waals surface area contributed by atoms with E-state index >= 15 is 0 Å². The molecular formula is C19H12ClF2N5O2. The molecule has 10 heteroatoms. The molecule has 0 radical (unpaired) electrons. The van der Waals surface area contributed by atoms with Crippen molar-refractivity contribution in [3.05, 3.63) is 81.9 Å². The van der Waals surface area contributed by atoms with Crippen molar-refractivity contribution in [1.29, 1.82) is 0 Å². The van der Waals surface area contributed by atoms with E-state index in [9.17, 15) is 18.4 Å². The number of carbonyl (C=O) groups excluding carboxylic acids is 1. The van der Waals surface area contributed by atoms with Gasteiger partial charge in [-0.1, -0.05) is 11.6 Å². The van der Waals surface area contributed by atoms with E-state index < -0.39 is 23.8 Å². The number of fused-ring (bicyclic) bond motifs is 1. The summed E-state index contributed by atoms with van der Waals surface area (Å²) in [6.45, 7) is -0.404. The summed E-state index contributed by atoms with van der Waals surface area (Å²) >= 11 is 5.92. The van der Waals surface area contributed by atoms with Gasteiger partial charge in [0.2, 0.25) is 5.91 Å². The van der Waals surface area contributed by atoms with Crippen molar-refractivity contribution in [2.24, 2.45) is 0 Å². The second-order valence-electron chi connectivity index (χ2n) is 6.13. The Kier molecular flexibility index (Phi) is 4.81. The van der Waals surface area contributed by atoms with Crippen molar-refractivity contribution in [3.8, 4) is 11.3 Å². The van der Waals surface area contributed by atoms with Crippen LogP contribution in [0.1, 0.15) is 0 Å². The fourth-order valence-electron chi connectivity index (χ4n) is 2.73. The fourth-order valence-corrected chi connectivity index (χ4v) is 2.90. The van der Waals surface area contributed by atoms with Gasteiger partial charge in [0.25, 0.3) is 5.56 Å². The van der Waals surface area contributed by atoms with Crippen LogP contribution in [0, 0.1) is 11.6 Å². The summed E-state index contributed by atoms with van der Waals surface area (Å²) in [4.78, 5) is 24.9. The highest BCUT2D eigenvalue weighted by Crippen LogP contribution is 2.22. The van der Waals surface area contributed by atoms with Gasteiger partial charge in [0, 0.05) is 5.56 Å². The minimum atomic E-state index is -0.602. The molecule has 0 fully saturated rings. The normalized spacial score (nSPS) is 11.0. The standard InChI is InChI=1S/C19H12ClF2N5O2/c20-14-6-5-13(22)7-16(14)24-18(28)9-26-19(29)17-8-15(25-27(17)10-23-26)11-1-3-12(21)4-2-11/h1-8,10H,9H2,(H,24,28). The Bertz CT molecular complexity index is 1280. The van der Waals surface area contributed by atoms with Gasteiger partial charge in [-0.25, -0.2) is 18.0 Å². The fraction of sp³-hybridized carbons (Fsp3) is 0.0526. The molecule has 0 aliphatic carbocycles. The van der Waals surface area contributed by atoms with Gasteiger partial charge in [-0.3, -0.25) is 9.59 Å². The Morgan fingerprint density at radius 1 is 1.07 bits per heavy atom. The number of anilines is 1. The van der Waals surface area contributed by atoms with Crippen LogP contribution in [0.15, 0.2) is 59.7 Å². The molecule has 2 aromatic carbocycles. The lowest BCUT2D eigenvalue weighted by Gasteiger charge is -2.08. The van der Waals surface area contributed by atoms with E-state index in [-0.39, 0.29) is 22.0 Å². The monoisotopic (exact) mass is 415 g/mol. The second-order valence-corrected chi connectivity index (χ2v) is 6.54. The predicted octanol–water partition coefficient (Wildman–Crippen LogP) is 3.13. The molecular weight excluding hydrogens is 404 g/mol. The minimum Gasteiger partial charge on any atom is -0.323 e. The predicted molar refractivity (Wildman–Crippen MR) is 103 cm³/mol. The molecule has 0 aliphatic heterocycles. The average molecular weight is 416 g/mol. The first-order chi connectivity index (χ1) is 13.9. The Balaban J connectivity index is 1.60. The van der Waals surface area contributed by atoms with E-state index in [1.807, 2.05) is 0 Å².